The lowest BCUT2D eigenvalue weighted by atomic mass is 10.3. The van der Waals surface area contributed by atoms with Gasteiger partial charge < -0.3 is 5.73 Å². The van der Waals surface area contributed by atoms with Crippen LogP contribution in [0.4, 0.5) is 0 Å². The summed E-state index contributed by atoms with van der Waals surface area (Å²) in [5.74, 6) is 5.66. The second kappa shape index (κ2) is 3.25. The van der Waals surface area contributed by atoms with Crippen LogP contribution in [0.15, 0.2) is 18.3 Å². The molecule has 0 aliphatic carbocycles. The summed E-state index contributed by atoms with van der Waals surface area (Å²) >= 11 is 0. The molecule has 64 valence electrons. The van der Waals surface area contributed by atoms with Gasteiger partial charge >= 0.3 is 0 Å². The Kier molecular flexibility index (Phi) is 1.94. The number of hydrogen-bond acceptors (Lipinski definition) is 3. The Morgan fingerprint density at radius 2 is 2.46 bits per heavy atom. The second-order valence-electron chi connectivity index (χ2n) is 2.48. The molecule has 0 spiro atoms. The smallest absolute Gasteiger partial charge is 0.182 e. The van der Waals surface area contributed by atoms with Crippen molar-refractivity contribution in [2.75, 3.05) is 6.54 Å². The van der Waals surface area contributed by atoms with Crippen molar-refractivity contribution in [2.24, 2.45) is 5.73 Å². The van der Waals surface area contributed by atoms with Crippen molar-refractivity contribution in [3.8, 4) is 11.8 Å². The van der Waals surface area contributed by atoms with Crippen LogP contribution in [0.25, 0.3) is 11.0 Å². The maximum atomic E-state index is 5.27. The van der Waals surface area contributed by atoms with Crippen LogP contribution in [0.2, 0.25) is 0 Å². The molecule has 0 aliphatic heterocycles. The van der Waals surface area contributed by atoms with Crippen LogP contribution in [-0.4, -0.2) is 21.7 Å². The molecular weight excluding hydrogens is 164 g/mol. The topological polar surface area (TPSA) is 67.6 Å². The summed E-state index contributed by atoms with van der Waals surface area (Å²) in [6.45, 7) is 0.348. The normalized spacial score (nSPS) is 9.62. The van der Waals surface area contributed by atoms with E-state index in [-0.39, 0.29) is 0 Å². The van der Waals surface area contributed by atoms with Crippen molar-refractivity contribution in [1.82, 2.24) is 15.2 Å². The molecule has 0 unspecified atom stereocenters. The molecule has 0 saturated heterocycles. The van der Waals surface area contributed by atoms with Gasteiger partial charge in [-0.05, 0) is 18.1 Å². The predicted molar refractivity (Wildman–Crippen MR) is 49.8 cm³/mol. The van der Waals surface area contributed by atoms with E-state index in [0.29, 0.717) is 12.2 Å². The Hall–Kier alpha value is -1.86. The molecule has 2 aromatic rings. The zero-order valence-corrected chi connectivity index (χ0v) is 6.91. The number of aromatic nitrogens is 3. The van der Waals surface area contributed by atoms with E-state index in [1.54, 1.807) is 6.20 Å². The first-order valence-electron chi connectivity index (χ1n) is 3.90. The van der Waals surface area contributed by atoms with E-state index < -0.39 is 0 Å². The van der Waals surface area contributed by atoms with Gasteiger partial charge in [-0.2, -0.15) is 5.10 Å². The molecule has 0 aliphatic rings. The minimum Gasteiger partial charge on any atom is -0.320 e. The van der Waals surface area contributed by atoms with Gasteiger partial charge in [-0.25, -0.2) is 4.98 Å². The third kappa shape index (κ3) is 1.37. The molecule has 4 nitrogen and oxygen atoms in total. The number of fused-ring (bicyclic) bond motifs is 1. The van der Waals surface area contributed by atoms with E-state index in [9.17, 15) is 0 Å². The van der Waals surface area contributed by atoms with Crippen LogP contribution in [0.1, 0.15) is 5.69 Å². The zero-order chi connectivity index (χ0) is 9.10. The molecular formula is C9H8N4. The van der Waals surface area contributed by atoms with Gasteiger partial charge in [0.25, 0.3) is 0 Å². The number of rotatable bonds is 0. The molecule has 3 N–H and O–H groups in total. The van der Waals surface area contributed by atoms with Crippen molar-refractivity contribution in [3.05, 3.63) is 24.0 Å². The molecule has 13 heavy (non-hydrogen) atoms. The van der Waals surface area contributed by atoms with E-state index >= 15 is 0 Å². The molecule has 0 fully saturated rings. The molecule has 0 saturated carbocycles. The van der Waals surface area contributed by atoms with Crippen molar-refractivity contribution in [3.63, 3.8) is 0 Å². The Morgan fingerprint density at radius 1 is 1.54 bits per heavy atom. The fraction of sp³-hybridized carbons (Fsp3) is 0.111. The van der Waals surface area contributed by atoms with Gasteiger partial charge in [0.1, 0.15) is 5.69 Å². The number of H-pyrrole nitrogens is 1. The Morgan fingerprint density at radius 3 is 3.31 bits per heavy atom. The maximum absolute atomic E-state index is 5.27. The molecule has 4 heteroatoms. The van der Waals surface area contributed by atoms with Crippen LogP contribution < -0.4 is 5.73 Å². The molecule has 2 aromatic heterocycles. The highest BCUT2D eigenvalue weighted by Gasteiger charge is 2.00. The molecule has 0 radical (unpaired) electrons. The maximum Gasteiger partial charge on any atom is 0.182 e. The summed E-state index contributed by atoms with van der Waals surface area (Å²) in [6, 6.07) is 3.78. The van der Waals surface area contributed by atoms with Crippen molar-refractivity contribution in [1.29, 1.82) is 0 Å². The Bertz CT molecular complexity index is 475. The van der Waals surface area contributed by atoms with Gasteiger partial charge in [-0.15, -0.1) is 0 Å². The van der Waals surface area contributed by atoms with E-state index in [1.165, 1.54) is 0 Å². The number of nitrogens with two attached hydrogens (primary N) is 1. The summed E-state index contributed by atoms with van der Waals surface area (Å²) < 4.78 is 0. The third-order valence-corrected chi connectivity index (χ3v) is 1.65. The third-order valence-electron chi connectivity index (χ3n) is 1.65. The highest BCUT2D eigenvalue weighted by molar-refractivity contribution is 5.80. The summed E-state index contributed by atoms with van der Waals surface area (Å²) in [5.41, 5.74) is 6.72. The van der Waals surface area contributed by atoms with E-state index in [4.69, 9.17) is 5.73 Å². The SMILES string of the molecule is NCC#Cc1[nH]nc2ncccc12. The first-order chi connectivity index (χ1) is 6.42. The lowest BCUT2D eigenvalue weighted by molar-refractivity contribution is 1.08. The largest absolute Gasteiger partial charge is 0.320 e. The van der Waals surface area contributed by atoms with Crippen LogP contribution in [0.3, 0.4) is 0 Å². The van der Waals surface area contributed by atoms with Gasteiger partial charge in [0.15, 0.2) is 5.65 Å². The number of nitrogens with zero attached hydrogens (tertiary/aromatic N) is 2. The molecule has 2 rings (SSSR count). The lowest BCUT2D eigenvalue weighted by Crippen LogP contribution is -1.93. The van der Waals surface area contributed by atoms with Crippen LogP contribution in [-0.2, 0) is 0 Å². The molecule has 0 bridgehead atoms. The number of aromatic amines is 1. The first kappa shape index (κ1) is 7.77. The minimum absolute atomic E-state index is 0.348. The lowest BCUT2D eigenvalue weighted by Gasteiger charge is -1.84. The van der Waals surface area contributed by atoms with E-state index in [0.717, 1.165) is 11.1 Å². The minimum atomic E-state index is 0.348. The number of hydrogen-bond donors (Lipinski definition) is 2. The zero-order valence-electron chi connectivity index (χ0n) is 6.91. The molecule has 2 heterocycles. The summed E-state index contributed by atoms with van der Waals surface area (Å²) in [5, 5.41) is 7.73. The monoisotopic (exact) mass is 172 g/mol. The van der Waals surface area contributed by atoms with Crippen molar-refractivity contribution < 1.29 is 0 Å². The van der Waals surface area contributed by atoms with Gasteiger partial charge in [0, 0.05) is 6.20 Å². The highest BCUT2D eigenvalue weighted by Crippen LogP contribution is 2.10. The average molecular weight is 172 g/mol. The summed E-state index contributed by atoms with van der Waals surface area (Å²) in [6.07, 6.45) is 1.70. The number of pyridine rings is 1. The number of nitrogens with one attached hydrogen (secondary N) is 1. The first-order valence-corrected chi connectivity index (χ1v) is 3.90. The van der Waals surface area contributed by atoms with Crippen LogP contribution in [0, 0.1) is 11.8 Å². The average Bonchev–Trinajstić information content (AvgIpc) is 2.58. The Labute approximate surface area is 75.2 Å². The summed E-state index contributed by atoms with van der Waals surface area (Å²) in [4.78, 5) is 4.07. The van der Waals surface area contributed by atoms with Gasteiger partial charge in [-0.1, -0.05) is 5.92 Å². The van der Waals surface area contributed by atoms with Gasteiger partial charge in [0.05, 0.1) is 11.9 Å². The standard InChI is InChI=1S/C9H8N4/c10-5-1-4-8-7-3-2-6-11-9(7)13-12-8/h2-3,6H,5,10H2,(H,11,12,13). The highest BCUT2D eigenvalue weighted by atomic mass is 15.1. The predicted octanol–water partition coefficient (Wildman–Crippen LogP) is 0.268. The molecule has 0 atom stereocenters. The molecule has 0 aromatic carbocycles. The Balaban J connectivity index is 2.58. The fourth-order valence-corrected chi connectivity index (χ4v) is 1.08. The van der Waals surface area contributed by atoms with Gasteiger partial charge in [0.2, 0.25) is 0 Å². The second-order valence-corrected chi connectivity index (χ2v) is 2.48. The summed E-state index contributed by atoms with van der Waals surface area (Å²) in [7, 11) is 0. The van der Waals surface area contributed by atoms with Crippen molar-refractivity contribution >= 4 is 11.0 Å². The van der Waals surface area contributed by atoms with Crippen molar-refractivity contribution in [2.45, 2.75) is 0 Å². The molecule has 0 amide bonds. The van der Waals surface area contributed by atoms with Crippen LogP contribution >= 0.6 is 0 Å². The van der Waals surface area contributed by atoms with Gasteiger partial charge in [-0.3, -0.25) is 5.10 Å². The quantitative estimate of drug-likeness (QED) is 0.560. The van der Waals surface area contributed by atoms with E-state index in [2.05, 4.69) is 27.0 Å². The van der Waals surface area contributed by atoms with E-state index in [1.807, 2.05) is 12.1 Å². The van der Waals surface area contributed by atoms with Crippen LogP contribution in [0.5, 0.6) is 0 Å². The fourth-order valence-electron chi connectivity index (χ4n) is 1.08.